The summed E-state index contributed by atoms with van der Waals surface area (Å²) in [4.78, 5) is 21.7. The van der Waals surface area contributed by atoms with Crippen LogP contribution in [0.1, 0.15) is 44.5 Å². The van der Waals surface area contributed by atoms with E-state index in [0.29, 0.717) is 10.7 Å². The molecule has 2 aliphatic rings. The van der Waals surface area contributed by atoms with E-state index < -0.39 is 6.10 Å². The van der Waals surface area contributed by atoms with Gasteiger partial charge < -0.3 is 15.0 Å². The van der Waals surface area contributed by atoms with Gasteiger partial charge >= 0.3 is 0 Å². The number of hydrogen-bond donors (Lipinski definition) is 2. The Morgan fingerprint density at radius 3 is 3.08 bits per heavy atom. The molecule has 26 heavy (non-hydrogen) atoms. The number of amides is 1. The molecule has 0 fully saturated rings. The monoisotopic (exact) mass is 366 g/mol. The summed E-state index contributed by atoms with van der Waals surface area (Å²) in [6, 6.07) is 8.35. The van der Waals surface area contributed by atoms with E-state index in [-0.39, 0.29) is 17.9 Å². The lowest BCUT2D eigenvalue weighted by molar-refractivity contribution is 0.0690. The third-order valence-electron chi connectivity index (χ3n) is 5.47. The fourth-order valence-electron chi connectivity index (χ4n) is 4.28. The molecule has 3 atom stereocenters. The van der Waals surface area contributed by atoms with Crippen LogP contribution in [0.4, 0.5) is 0 Å². The van der Waals surface area contributed by atoms with Crippen molar-refractivity contribution in [1.29, 1.82) is 0 Å². The average molecular weight is 366 g/mol. The first-order valence-electron chi connectivity index (χ1n) is 8.70. The summed E-state index contributed by atoms with van der Waals surface area (Å²) in [7, 11) is 1.60. The van der Waals surface area contributed by atoms with E-state index in [1.165, 1.54) is 22.5 Å². The van der Waals surface area contributed by atoms with Crippen LogP contribution in [-0.4, -0.2) is 32.6 Å². The van der Waals surface area contributed by atoms with E-state index in [4.69, 9.17) is 0 Å². The molecule has 2 N–H and O–H groups in total. The van der Waals surface area contributed by atoms with Gasteiger partial charge in [-0.25, -0.2) is 9.97 Å². The van der Waals surface area contributed by atoms with Crippen LogP contribution in [0, 0.1) is 5.92 Å². The number of thiazole rings is 1. The lowest BCUT2D eigenvalue weighted by Crippen LogP contribution is -2.28. The van der Waals surface area contributed by atoms with Gasteiger partial charge in [-0.05, 0) is 18.4 Å². The summed E-state index contributed by atoms with van der Waals surface area (Å²) >= 11 is 1.39. The van der Waals surface area contributed by atoms with Crippen LogP contribution >= 0.6 is 11.3 Å². The molecule has 7 heteroatoms. The van der Waals surface area contributed by atoms with E-state index >= 15 is 0 Å². The molecule has 3 aromatic rings. The van der Waals surface area contributed by atoms with Crippen molar-refractivity contribution in [3.8, 4) is 11.3 Å². The number of aromatic nitrogens is 3. The summed E-state index contributed by atoms with van der Waals surface area (Å²) in [5, 5.41) is 14.1. The van der Waals surface area contributed by atoms with Gasteiger partial charge in [0.1, 0.15) is 6.10 Å². The standard InChI is InChI=1S/C19H18N4O2S/c1-20-18(25)19-22-15-14(26-19)7-6-12(17(15)24)16-11-5-3-2-4-10(11)13-8-21-9-23(13)16/h2-5,8-9,12,16-17,24H,6-7H2,1H3,(H,20,25)/t12-,16-,17-/m1/s1. The number of carbonyl (C=O) groups excluding carboxylic acids is 1. The Morgan fingerprint density at radius 2 is 2.23 bits per heavy atom. The topological polar surface area (TPSA) is 80.0 Å². The summed E-state index contributed by atoms with van der Waals surface area (Å²) in [5.41, 5.74) is 4.15. The number of fused-ring (bicyclic) bond motifs is 4. The highest BCUT2D eigenvalue weighted by molar-refractivity contribution is 7.13. The summed E-state index contributed by atoms with van der Waals surface area (Å²) < 4.78 is 2.16. The largest absolute Gasteiger partial charge is 0.386 e. The van der Waals surface area contributed by atoms with E-state index in [9.17, 15) is 9.90 Å². The molecular weight excluding hydrogens is 348 g/mol. The fourth-order valence-corrected chi connectivity index (χ4v) is 5.34. The second-order valence-corrected chi connectivity index (χ2v) is 7.86. The minimum Gasteiger partial charge on any atom is -0.386 e. The number of benzene rings is 1. The molecule has 0 bridgehead atoms. The van der Waals surface area contributed by atoms with Crippen molar-refractivity contribution in [3.63, 3.8) is 0 Å². The number of carbonyl (C=O) groups is 1. The smallest absolute Gasteiger partial charge is 0.280 e. The van der Waals surface area contributed by atoms with Crippen molar-refractivity contribution in [3.05, 3.63) is 57.9 Å². The fraction of sp³-hybridized carbons (Fsp3) is 0.316. The van der Waals surface area contributed by atoms with Crippen molar-refractivity contribution in [2.45, 2.75) is 25.0 Å². The number of imidazole rings is 1. The van der Waals surface area contributed by atoms with Crippen molar-refractivity contribution >= 4 is 17.2 Å². The Labute approximate surface area is 154 Å². The van der Waals surface area contributed by atoms with Gasteiger partial charge in [0.05, 0.1) is 30.0 Å². The quantitative estimate of drug-likeness (QED) is 0.730. The summed E-state index contributed by atoms with van der Waals surface area (Å²) in [5.74, 6) is -0.199. The molecule has 132 valence electrons. The van der Waals surface area contributed by atoms with E-state index in [2.05, 4.69) is 32.0 Å². The molecule has 2 aromatic heterocycles. The number of hydrogen-bond acceptors (Lipinski definition) is 5. The Kier molecular flexibility index (Phi) is 3.48. The van der Waals surface area contributed by atoms with Gasteiger partial charge in [-0.15, -0.1) is 11.3 Å². The van der Waals surface area contributed by atoms with Crippen LogP contribution in [0.3, 0.4) is 0 Å². The van der Waals surface area contributed by atoms with Crippen molar-refractivity contribution in [2.75, 3.05) is 7.05 Å². The molecule has 0 spiro atoms. The lowest BCUT2D eigenvalue weighted by Gasteiger charge is -2.33. The number of aliphatic hydroxyl groups is 1. The third kappa shape index (κ3) is 2.10. The Bertz CT molecular complexity index is 1010. The van der Waals surface area contributed by atoms with Gasteiger partial charge in [0.15, 0.2) is 5.01 Å². The second-order valence-electron chi connectivity index (χ2n) is 6.77. The maximum Gasteiger partial charge on any atom is 0.280 e. The van der Waals surface area contributed by atoms with Crippen molar-refractivity contribution in [2.24, 2.45) is 5.92 Å². The molecule has 0 saturated carbocycles. The van der Waals surface area contributed by atoms with Gasteiger partial charge in [-0.3, -0.25) is 4.79 Å². The highest BCUT2D eigenvalue weighted by Crippen LogP contribution is 2.50. The molecule has 1 aliphatic heterocycles. The zero-order chi connectivity index (χ0) is 17.8. The van der Waals surface area contributed by atoms with Gasteiger partial charge in [0.2, 0.25) is 0 Å². The molecule has 0 radical (unpaired) electrons. The SMILES string of the molecule is CNC(=O)c1nc2c(s1)CC[C@H]([C@H]1c3ccccc3-c3cncn31)[C@H]2O. The predicted octanol–water partition coefficient (Wildman–Crippen LogP) is 2.57. The van der Waals surface area contributed by atoms with Crippen LogP contribution in [0.2, 0.25) is 0 Å². The maximum absolute atomic E-state index is 11.9. The van der Waals surface area contributed by atoms with E-state index in [1.54, 1.807) is 7.05 Å². The average Bonchev–Trinajstić information content (AvgIpc) is 3.36. The summed E-state index contributed by atoms with van der Waals surface area (Å²) in [6.45, 7) is 0. The molecule has 0 saturated heterocycles. The second kappa shape index (κ2) is 5.75. The van der Waals surface area contributed by atoms with Crippen LogP contribution in [0.15, 0.2) is 36.8 Å². The molecule has 1 aliphatic carbocycles. The van der Waals surface area contributed by atoms with Crippen LogP contribution < -0.4 is 5.32 Å². The summed E-state index contributed by atoms with van der Waals surface area (Å²) in [6.07, 6.45) is 4.71. The van der Waals surface area contributed by atoms with Gasteiger partial charge in [-0.1, -0.05) is 24.3 Å². The molecule has 6 nitrogen and oxygen atoms in total. The number of nitrogens with zero attached hydrogens (tertiary/aromatic N) is 3. The molecule has 0 unspecified atom stereocenters. The third-order valence-corrected chi connectivity index (χ3v) is 6.60. The number of rotatable bonds is 2. The van der Waals surface area contributed by atoms with Gasteiger partial charge in [-0.2, -0.15) is 0 Å². The minimum absolute atomic E-state index is 0.00117. The zero-order valence-corrected chi connectivity index (χ0v) is 15.0. The van der Waals surface area contributed by atoms with Gasteiger partial charge in [0, 0.05) is 23.4 Å². The first kappa shape index (κ1) is 15.7. The normalized spacial score (nSPS) is 23.2. The lowest BCUT2D eigenvalue weighted by atomic mass is 9.80. The number of aryl methyl sites for hydroxylation is 1. The molecule has 1 amide bonds. The Hall–Kier alpha value is -2.51. The maximum atomic E-state index is 11.9. The Morgan fingerprint density at radius 1 is 1.38 bits per heavy atom. The highest BCUT2D eigenvalue weighted by atomic mass is 32.1. The molecule has 5 rings (SSSR count). The van der Waals surface area contributed by atoms with Gasteiger partial charge in [0.25, 0.3) is 5.91 Å². The Balaban J connectivity index is 1.56. The van der Waals surface area contributed by atoms with E-state index in [0.717, 1.165) is 23.4 Å². The van der Waals surface area contributed by atoms with Crippen molar-refractivity contribution in [1.82, 2.24) is 19.9 Å². The molecule has 1 aromatic carbocycles. The minimum atomic E-state index is -0.695. The highest BCUT2D eigenvalue weighted by Gasteiger charge is 2.42. The zero-order valence-electron chi connectivity index (χ0n) is 14.2. The first-order chi connectivity index (χ1) is 12.7. The predicted molar refractivity (Wildman–Crippen MR) is 98.1 cm³/mol. The van der Waals surface area contributed by atoms with Crippen molar-refractivity contribution < 1.29 is 9.90 Å². The van der Waals surface area contributed by atoms with Crippen LogP contribution in [0.5, 0.6) is 0 Å². The van der Waals surface area contributed by atoms with Crippen LogP contribution in [-0.2, 0) is 6.42 Å². The van der Waals surface area contributed by atoms with E-state index in [1.807, 2.05) is 24.7 Å². The molecule has 3 heterocycles. The first-order valence-corrected chi connectivity index (χ1v) is 9.51. The number of aliphatic hydroxyl groups excluding tert-OH is 1. The molecular formula is C19H18N4O2S. The number of nitrogens with one attached hydrogen (secondary N) is 1. The van der Waals surface area contributed by atoms with Crippen LogP contribution in [0.25, 0.3) is 11.3 Å².